The van der Waals surface area contributed by atoms with E-state index in [2.05, 4.69) is 5.32 Å². The van der Waals surface area contributed by atoms with Gasteiger partial charge in [-0.1, -0.05) is 12.1 Å². The molecular formula is C25H38N4O10. The van der Waals surface area contributed by atoms with Crippen LogP contribution in [0.2, 0.25) is 0 Å². The van der Waals surface area contributed by atoms with Crippen molar-refractivity contribution in [2.75, 3.05) is 57.7 Å². The standard InChI is InChI=1S/C25H38N4O10/c1-25(2,3)26-18-6-4-17(5-7-18)10-19(29(15-23(36)37)16-24(38)39)11-27(12-20(30)31)8-9-28(13-21(32)33)14-22(34)35/h4-7,19,26H,8-16H2,1-3H3,(H,30,31)(H,32,33)(H,34,35)(H,36,37)(H,38,39)/t19-/m0/s1. The molecule has 0 unspecified atom stereocenters. The Hall–Kier alpha value is -3.75. The summed E-state index contributed by atoms with van der Waals surface area (Å²) >= 11 is 0. The summed E-state index contributed by atoms with van der Waals surface area (Å²) in [5.74, 6) is -6.23. The maximum atomic E-state index is 11.6. The van der Waals surface area contributed by atoms with E-state index in [1.54, 1.807) is 0 Å². The molecule has 0 aromatic heterocycles. The smallest absolute Gasteiger partial charge is 0.317 e. The highest BCUT2D eigenvalue weighted by Crippen LogP contribution is 2.18. The molecule has 0 aliphatic heterocycles. The van der Waals surface area contributed by atoms with E-state index in [4.69, 9.17) is 10.2 Å². The fourth-order valence-electron chi connectivity index (χ4n) is 4.00. The van der Waals surface area contributed by atoms with Crippen LogP contribution in [-0.2, 0) is 30.4 Å². The predicted octanol–water partition coefficient (Wildman–Crippen LogP) is 0.137. The number of hydrogen-bond acceptors (Lipinski definition) is 9. The summed E-state index contributed by atoms with van der Waals surface area (Å²) in [4.78, 5) is 60.7. The summed E-state index contributed by atoms with van der Waals surface area (Å²) < 4.78 is 0. The van der Waals surface area contributed by atoms with Crippen LogP contribution < -0.4 is 5.32 Å². The van der Waals surface area contributed by atoms with Crippen LogP contribution >= 0.6 is 0 Å². The third kappa shape index (κ3) is 15.3. The van der Waals surface area contributed by atoms with E-state index in [1.807, 2.05) is 45.0 Å². The molecule has 0 saturated heterocycles. The minimum Gasteiger partial charge on any atom is -0.480 e. The summed E-state index contributed by atoms with van der Waals surface area (Å²) in [6.07, 6.45) is 0.195. The first-order valence-corrected chi connectivity index (χ1v) is 12.2. The Morgan fingerprint density at radius 2 is 1.10 bits per heavy atom. The molecule has 0 saturated carbocycles. The second-order valence-electron chi connectivity index (χ2n) is 10.2. The monoisotopic (exact) mass is 554 g/mol. The zero-order chi connectivity index (χ0) is 29.8. The minimum atomic E-state index is -1.26. The van der Waals surface area contributed by atoms with E-state index in [9.17, 15) is 39.3 Å². The Kier molecular flexibility index (Phi) is 13.3. The van der Waals surface area contributed by atoms with Gasteiger partial charge in [0.05, 0.1) is 32.7 Å². The van der Waals surface area contributed by atoms with E-state index < -0.39 is 68.6 Å². The Morgan fingerprint density at radius 3 is 1.51 bits per heavy atom. The SMILES string of the molecule is CC(C)(C)Nc1ccc(C[C@@H](CN(CCN(CC(=O)O)CC(=O)O)CC(=O)O)N(CC(=O)O)CC(=O)O)cc1. The van der Waals surface area contributed by atoms with Gasteiger partial charge in [0.1, 0.15) is 0 Å². The van der Waals surface area contributed by atoms with Gasteiger partial charge in [-0.2, -0.15) is 0 Å². The number of carbonyl (C=O) groups is 5. The average molecular weight is 555 g/mol. The molecule has 1 rings (SSSR count). The van der Waals surface area contributed by atoms with Gasteiger partial charge < -0.3 is 30.8 Å². The molecule has 1 aromatic rings. The molecule has 1 atom stereocenters. The number of hydrogen-bond donors (Lipinski definition) is 6. The summed E-state index contributed by atoms with van der Waals surface area (Å²) in [5.41, 5.74) is 1.42. The first-order valence-electron chi connectivity index (χ1n) is 12.2. The quantitative estimate of drug-likeness (QED) is 0.134. The summed E-state index contributed by atoms with van der Waals surface area (Å²) in [6, 6.07) is 6.54. The maximum Gasteiger partial charge on any atom is 0.317 e. The topological polar surface area (TPSA) is 208 Å². The highest BCUT2D eigenvalue weighted by molar-refractivity contribution is 5.73. The Bertz CT molecular complexity index is 962. The first kappa shape index (κ1) is 33.3. The second-order valence-corrected chi connectivity index (χ2v) is 10.2. The number of carboxylic acid groups (broad SMARTS) is 5. The first-order chi connectivity index (χ1) is 18.0. The van der Waals surface area contributed by atoms with Crippen LogP contribution in [0.4, 0.5) is 5.69 Å². The fourth-order valence-corrected chi connectivity index (χ4v) is 4.00. The molecule has 0 aliphatic rings. The fraction of sp³-hybridized carbons (Fsp3) is 0.560. The lowest BCUT2D eigenvalue weighted by atomic mass is 10.0. The number of nitrogens with one attached hydrogen (secondary N) is 1. The van der Waals surface area contributed by atoms with E-state index in [0.29, 0.717) is 0 Å². The number of nitrogens with zero attached hydrogens (tertiary/aromatic N) is 3. The molecule has 0 amide bonds. The lowest BCUT2D eigenvalue weighted by Gasteiger charge is -2.34. The van der Waals surface area contributed by atoms with E-state index in [-0.39, 0.29) is 31.6 Å². The van der Waals surface area contributed by atoms with Gasteiger partial charge in [-0.3, -0.25) is 38.7 Å². The summed E-state index contributed by atoms with van der Waals surface area (Å²) in [6.45, 7) is 2.92. The van der Waals surface area contributed by atoms with Crippen LogP contribution in [-0.4, -0.2) is 134 Å². The molecular weight excluding hydrogens is 516 g/mol. The number of anilines is 1. The lowest BCUT2D eigenvalue weighted by Crippen LogP contribution is -2.51. The molecule has 0 bridgehead atoms. The largest absolute Gasteiger partial charge is 0.480 e. The van der Waals surface area contributed by atoms with Crippen LogP contribution in [0.15, 0.2) is 24.3 Å². The highest BCUT2D eigenvalue weighted by atomic mass is 16.4. The van der Waals surface area contributed by atoms with Crippen LogP contribution in [0.25, 0.3) is 0 Å². The zero-order valence-corrected chi connectivity index (χ0v) is 22.4. The lowest BCUT2D eigenvalue weighted by molar-refractivity contribution is -0.144. The molecule has 0 fully saturated rings. The van der Waals surface area contributed by atoms with E-state index >= 15 is 0 Å². The van der Waals surface area contributed by atoms with Gasteiger partial charge in [-0.25, -0.2) is 0 Å². The summed E-state index contributed by atoms with van der Waals surface area (Å²) in [7, 11) is 0. The van der Waals surface area contributed by atoms with E-state index in [1.165, 1.54) is 9.80 Å². The third-order valence-corrected chi connectivity index (χ3v) is 5.42. The summed E-state index contributed by atoms with van der Waals surface area (Å²) in [5, 5.41) is 49.7. The van der Waals surface area contributed by atoms with Crippen molar-refractivity contribution in [3.63, 3.8) is 0 Å². The molecule has 14 nitrogen and oxygen atoms in total. The van der Waals surface area contributed by atoms with Gasteiger partial charge in [0.2, 0.25) is 0 Å². The van der Waals surface area contributed by atoms with Crippen molar-refractivity contribution < 1.29 is 49.5 Å². The number of carboxylic acids is 5. The number of aliphatic carboxylic acids is 5. The van der Waals surface area contributed by atoms with Crippen LogP contribution in [0.3, 0.4) is 0 Å². The van der Waals surface area contributed by atoms with Crippen LogP contribution in [0, 0.1) is 0 Å². The van der Waals surface area contributed by atoms with Crippen molar-refractivity contribution in [1.29, 1.82) is 0 Å². The van der Waals surface area contributed by atoms with Crippen molar-refractivity contribution in [2.24, 2.45) is 0 Å². The van der Waals surface area contributed by atoms with Crippen LogP contribution in [0.1, 0.15) is 26.3 Å². The van der Waals surface area contributed by atoms with Crippen molar-refractivity contribution in [3.05, 3.63) is 29.8 Å². The highest BCUT2D eigenvalue weighted by Gasteiger charge is 2.27. The number of benzene rings is 1. The zero-order valence-electron chi connectivity index (χ0n) is 22.4. The maximum absolute atomic E-state index is 11.6. The molecule has 6 N–H and O–H groups in total. The molecule has 0 spiro atoms. The Labute approximate surface area is 226 Å². The molecule has 0 radical (unpaired) electrons. The van der Waals surface area contributed by atoms with Crippen molar-refractivity contribution >= 4 is 35.5 Å². The van der Waals surface area contributed by atoms with Gasteiger partial charge in [0.25, 0.3) is 0 Å². The molecule has 218 valence electrons. The van der Waals surface area contributed by atoms with Crippen molar-refractivity contribution in [3.8, 4) is 0 Å². The third-order valence-electron chi connectivity index (χ3n) is 5.42. The average Bonchev–Trinajstić information content (AvgIpc) is 2.74. The minimum absolute atomic E-state index is 0.0498. The van der Waals surface area contributed by atoms with Gasteiger partial charge in [-0.05, 0) is 44.9 Å². The molecule has 39 heavy (non-hydrogen) atoms. The Morgan fingerprint density at radius 1 is 0.692 bits per heavy atom. The molecule has 0 heterocycles. The van der Waals surface area contributed by atoms with Gasteiger partial charge in [0.15, 0.2) is 0 Å². The molecule has 14 heteroatoms. The second kappa shape index (κ2) is 15.6. The van der Waals surface area contributed by atoms with Gasteiger partial charge in [0, 0.05) is 36.9 Å². The van der Waals surface area contributed by atoms with E-state index in [0.717, 1.165) is 16.2 Å². The van der Waals surface area contributed by atoms with Gasteiger partial charge in [-0.15, -0.1) is 0 Å². The molecule has 1 aromatic carbocycles. The normalized spacial score (nSPS) is 12.5. The molecule has 0 aliphatic carbocycles. The van der Waals surface area contributed by atoms with Crippen molar-refractivity contribution in [1.82, 2.24) is 14.7 Å². The van der Waals surface area contributed by atoms with Crippen molar-refractivity contribution in [2.45, 2.75) is 38.8 Å². The van der Waals surface area contributed by atoms with Gasteiger partial charge >= 0.3 is 29.8 Å². The number of rotatable bonds is 19. The van der Waals surface area contributed by atoms with Crippen LogP contribution in [0.5, 0.6) is 0 Å². The predicted molar refractivity (Wildman–Crippen MR) is 140 cm³/mol. The Balaban J connectivity index is 3.24.